The SMILES string of the molecule is CCCCCCCCCC(=O)OCCCC.[Hg+2]. The zero-order valence-electron chi connectivity index (χ0n) is 11.8. The second-order valence-electron chi connectivity index (χ2n) is 4.45. The summed E-state index contributed by atoms with van der Waals surface area (Å²) >= 11 is 0. The molecule has 0 N–H and O–H groups in total. The van der Waals surface area contributed by atoms with E-state index in [1.54, 1.807) is 0 Å². The molecule has 96 valence electrons. The predicted octanol–water partition coefficient (Wildman–Crippen LogP) is 4.47. The van der Waals surface area contributed by atoms with Crippen LogP contribution in [0.5, 0.6) is 0 Å². The van der Waals surface area contributed by atoms with Crippen LogP contribution in [-0.4, -0.2) is 12.6 Å². The molecule has 0 unspecified atom stereocenters. The maximum atomic E-state index is 11.2. The Morgan fingerprint density at radius 3 is 1.94 bits per heavy atom. The summed E-state index contributed by atoms with van der Waals surface area (Å²) in [6.07, 6.45) is 11.4. The first kappa shape index (κ1) is 19.7. The van der Waals surface area contributed by atoms with Gasteiger partial charge in [0.05, 0.1) is 6.61 Å². The van der Waals surface area contributed by atoms with E-state index >= 15 is 0 Å². The third-order valence-electron chi connectivity index (χ3n) is 2.75. The zero-order valence-corrected chi connectivity index (χ0v) is 17.3. The fraction of sp³-hybridized carbons (Fsp3) is 0.929. The van der Waals surface area contributed by atoms with E-state index < -0.39 is 0 Å². The molecule has 0 radical (unpaired) electrons. The number of hydrogen-bond donors (Lipinski definition) is 0. The molecule has 0 aliphatic carbocycles. The van der Waals surface area contributed by atoms with E-state index in [1.165, 1.54) is 38.5 Å². The van der Waals surface area contributed by atoms with Gasteiger partial charge in [0.2, 0.25) is 0 Å². The molecule has 0 aromatic carbocycles. The molecule has 0 aliphatic heterocycles. The fourth-order valence-electron chi connectivity index (χ4n) is 1.63. The number of esters is 1. The molecule has 0 fully saturated rings. The minimum absolute atomic E-state index is 0. The van der Waals surface area contributed by atoms with Crippen LogP contribution in [0.4, 0.5) is 0 Å². The Bertz CT molecular complexity index is 160. The molecule has 0 atom stereocenters. The van der Waals surface area contributed by atoms with Crippen LogP contribution in [0.2, 0.25) is 0 Å². The van der Waals surface area contributed by atoms with Crippen LogP contribution < -0.4 is 0 Å². The number of unbranched alkanes of at least 4 members (excludes halogenated alkanes) is 7. The van der Waals surface area contributed by atoms with Crippen molar-refractivity contribution in [3.05, 3.63) is 0 Å². The molecule has 0 spiro atoms. The number of rotatable bonds is 11. The second kappa shape index (κ2) is 16.4. The molecule has 0 aromatic rings. The van der Waals surface area contributed by atoms with Crippen molar-refractivity contribution in [2.75, 3.05) is 6.61 Å². The van der Waals surface area contributed by atoms with E-state index in [4.69, 9.17) is 4.74 Å². The molecule has 0 heterocycles. The third-order valence-corrected chi connectivity index (χ3v) is 2.75. The molecule has 0 saturated heterocycles. The average molecular weight is 429 g/mol. The average Bonchev–Trinajstić information content (AvgIpc) is 2.28. The van der Waals surface area contributed by atoms with Crippen molar-refractivity contribution in [2.24, 2.45) is 0 Å². The van der Waals surface area contributed by atoms with Crippen LogP contribution in [-0.2, 0) is 37.2 Å². The first-order valence-corrected chi connectivity index (χ1v) is 6.96. The van der Waals surface area contributed by atoms with E-state index in [1.807, 2.05) is 0 Å². The summed E-state index contributed by atoms with van der Waals surface area (Å²) in [6.45, 7) is 4.93. The van der Waals surface area contributed by atoms with Crippen LogP contribution in [0.15, 0.2) is 0 Å². The van der Waals surface area contributed by atoms with Gasteiger partial charge in [-0.15, -0.1) is 0 Å². The Hall–Kier alpha value is 0.405. The third kappa shape index (κ3) is 16.4. The minimum atomic E-state index is -0.0120. The monoisotopic (exact) mass is 430 g/mol. The van der Waals surface area contributed by atoms with Crippen LogP contribution in [0, 0.1) is 0 Å². The number of carbonyl (C=O) groups excluding carboxylic acids is 1. The first-order chi connectivity index (χ1) is 7.81. The predicted molar refractivity (Wildman–Crippen MR) is 68.5 cm³/mol. The normalized spacial score (nSPS) is 9.76. The van der Waals surface area contributed by atoms with Gasteiger partial charge in [-0.25, -0.2) is 0 Å². The number of carbonyl (C=O) groups is 1. The molecule has 0 saturated carbocycles. The molecule has 0 bridgehead atoms. The van der Waals surface area contributed by atoms with Gasteiger partial charge in [-0.1, -0.05) is 58.8 Å². The Morgan fingerprint density at radius 2 is 1.35 bits per heavy atom. The summed E-state index contributed by atoms with van der Waals surface area (Å²) < 4.78 is 5.09. The number of ether oxygens (including phenoxy) is 1. The van der Waals surface area contributed by atoms with Crippen molar-refractivity contribution in [3.63, 3.8) is 0 Å². The van der Waals surface area contributed by atoms with Gasteiger partial charge >= 0.3 is 33.6 Å². The van der Waals surface area contributed by atoms with Crippen LogP contribution in [0.3, 0.4) is 0 Å². The molecular formula is C14H28HgO2+2. The maximum absolute atomic E-state index is 11.2. The molecule has 0 aromatic heterocycles. The zero-order chi connectivity index (χ0) is 12.1. The van der Waals surface area contributed by atoms with Gasteiger partial charge in [-0.3, -0.25) is 4.79 Å². The number of hydrogen-bond acceptors (Lipinski definition) is 2. The molecule has 0 aliphatic rings. The van der Waals surface area contributed by atoms with E-state index in [0.29, 0.717) is 13.0 Å². The van der Waals surface area contributed by atoms with Crippen molar-refractivity contribution >= 4 is 5.97 Å². The van der Waals surface area contributed by atoms with Crippen molar-refractivity contribution in [1.29, 1.82) is 0 Å². The van der Waals surface area contributed by atoms with Gasteiger partial charge in [0.15, 0.2) is 0 Å². The quantitative estimate of drug-likeness (QED) is 0.276. The van der Waals surface area contributed by atoms with Gasteiger partial charge in [0.1, 0.15) is 0 Å². The summed E-state index contributed by atoms with van der Waals surface area (Å²) in [7, 11) is 0. The molecule has 17 heavy (non-hydrogen) atoms. The Kier molecular flexibility index (Phi) is 19.0. The van der Waals surface area contributed by atoms with E-state index in [9.17, 15) is 4.79 Å². The topological polar surface area (TPSA) is 26.3 Å². The van der Waals surface area contributed by atoms with Crippen LogP contribution >= 0.6 is 0 Å². The summed E-state index contributed by atoms with van der Waals surface area (Å²) in [4.78, 5) is 11.2. The van der Waals surface area contributed by atoms with Crippen molar-refractivity contribution < 1.29 is 37.2 Å². The standard InChI is InChI=1S/C14H28O2.Hg/c1-3-5-7-8-9-10-11-12-14(15)16-13-6-4-2;/h3-13H2,1-2H3;/q;+2. The second-order valence-corrected chi connectivity index (χ2v) is 4.45. The van der Waals surface area contributed by atoms with Crippen LogP contribution in [0.25, 0.3) is 0 Å². The van der Waals surface area contributed by atoms with Crippen molar-refractivity contribution in [1.82, 2.24) is 0 Å². The van der Waals surface area contributed by atoms with Crippen LogP contribution in [0.1, 0.15) is 78.1 Å². The van der Waals surface area contributed by atoms with Gasteiger partial charge in [0, 0.05) is 6.42 Å². The Labute approximate surface area is 127 Å². The van der Waals surface area contributed by atoms with Gasteiger partial charge in [0.25, 0.3) is 0 Å². The largest absolute Gasteiger partial charge is 2.00 e. The molecule has 0 amide bonds. The van der Waals surface area contributed by atoms with Gasteiger partial charge < -0.3 is 4.74 Å². The summed E-state index contributed by atoms with van der Waals surface area (Å²) in [5.74, 6) is -0.0120. The molecule has 3 heteroatoms. The molecular weight excluding hydrogens is 401 g/mol. The van der Waals surface area contributed by atoms with E-state index in [2.05, 4.69) is 13.8 Å². The molecule has 2 nitrogen and oxygen atoms in total. The van der Waals surface area contributed by atoms with Gasteiger partial charge in [-0.05, 0) is 12.8 Å². The first-order valence-electron chi connectivity index (χ1n) is 6.96. The minimum Gasteiger partial charge on any atom is -0.466 e. The van der Waals surface area contributed by atoms with E-state index in [-0.39, 0.29) is 33.6 Å². The Balaban J connectivity index is 0. The van der Waals surface area contributed by atoms with Gasteiger partial charge in [-0.2, -0.15) is 0 Å². The fourth-order valence-corrected chi connectivity index (χ4v) is 1.63. The summed E-state index contributed by atoms with van der Waals surface area (Å²) in [5, 5.41) is 0. The molecule has 0 rings (SSSR count). The Morgan fingerprint density at radius 1 is 0.824 bits per heavy atom. The van der Waals surface area contributed by atoms with Crippen molar-refractivity contribution in [2.45, 2.75) is 78.1 Å². The van der Waals surface area contributed by atoms with Crippen molar-refractivity contribution in [3.8, 4) is 0 Å². The van der Waals surface area contributed by atoms with E-state index in [0.717, 1.165) is 19.3 Å². The smallest absolute Gasteiger partial charge is 0.466 e. The maximum Gasteiger partial charge on any atom is 2.00 e. The summed E-state index contributed by atoms with van der Waals surface area (Å²) in [6, 6.07) is 0. The summed E-state index contributed by atoms with van der Waals surface area (Å²) in [5.41, 5.74) is 0.